The molecule has 0 amide bonds. The van der Waals surface area contributed by atoms with Gasteiger partial charge in [0.25, 0.3) is 0 Å². The number of ether oxygens (including phenoxy) is 2. The summed E-state index contributed by atoms with van der Waals surface area (Å²) < 4.78 is 18.6. The number of hydrogen-bond donors (Lipinski definition) is 1. The van der Waals surface area contributed by atoms with E-state index in [0.29, 0.717) is 13.0 Å². The lowest BCUT2D eigenvalue weighted by molar-refractivity contribution is -0.00446. The van der Waals surface area contributed by atoms with Crippen molar-refractivity contribution in [3.63, 3.8) is 0 Å². The van der Waals surface area contributed by atoms with Crippen molar-refractivity contribution in [3.8, 4) is 17.2 Å². The smallest absolute Gasteiger partial charge is 0.193 e. The fraction of sp³-hybridized carbons (Fsp3) is 0.643. The third-order valence-electron chi connectivity index (χ3n) is 6.30. The molecule has 0 aliphatic carbocycles. The van der Waals surface area contributed by atoms with E-state index in [1.165, 1.54) is 0 Å². The van der Waals surface area contributed by atoms with Gasteiger partial charge in [0.15, 0.2) is 8.32 Å². The molecule has 0 saturated heterocycles. The minimum absolute atomic E-state index is 0.0505. The van der Waals surface area contributed by atoms with Gasteiger partial charge < -0.3 is 19.0 Å². The first-order valence-corrected chi connectivity index (χ1v) is 18.7. The molecular weight excluding hydrogens is 456 g/mol. The summed E-state index contributed by atoms with van der Waals surface area (Å²) in [7, 11) is -1.90. The minimum Gasteiger partial charge on any atom is -0.497 e. The number of benzene rings is 1. The Kier molecular flexibility index (Phi) is 11.8. The zero-order chi connectivity index (χ0) is 26.2. The average molecular weight is 505 g/mol. The molecule has 0 spiro atoms. The standard InChI is InChI=1S/C28H48O4Si2/c1-22(20-29)18-23(2)27(31-21-24-12-14-25(30-6)15-13-24)19-26(16-17-33(7,8)9)32-34(10,11)28(3,4)5/h12-15,18,23,26-27,29H,19-21H2,1-11H3/b22-18+/t23-,26+,27+/m0/s1. The molecule has 192 valence electrons. The molecule has 0 aliphatic rings. The van der Waals surface area contributed by atoms with Gasteiger partial charge in [-0.1, -0.05) is 77.0 Å². The largest absolute Gasteiger partial charge is 0.497 e. The highest BCUT2D eigenvalue weighted by molar-refractivity contribution is 6.83. The normalized spacial score (nSPS) is 15.8. The Hall–Kier alpha value is -1.37. The lowest BCUT2D eigenvalue weighted by Gasteiger charge is -2.39. The van der Waals surface area contributed by atoms with Gasteiger partial charge in [-0.3, -0.25) is 0 Å². The summed E-state index contributed by atoms with van der Waals surface area (Å²) in [4.78, 5) is 0. The molecule has 0 radical (unpaired) electrons. The van der Waals surface area contributed by atoms with E-state index in [2.05, 4.69) is 78.0 Å². The quantitative estimate of drug-likeness (QED) is 0.204. The Morgan fingerprint density at radius 1 is 1.09 bits per heavy atom. The SMILES string of the molecule is COc1ccc(CO[C@H](C[C@@H](C#C[Si](C)(C)C)O[Si](C)(C)C(C)(C)C)[C@@H](C)/C=C(\C)CO)cc1. The van der Waals surface area contributed by atoms with Crippen molar-refractivity contribution in [2.24, 2.45) is 5.92 Å². The van der Waals surface area contributed by atoms with Gasteiger partial charge in [-0.05, 0) is 42.8 Å². The molecule has 0 aromatic heterocycles. The van der Waals surface area contributed by atoms with Crippen molar-refractivity contribution >= 4 is 16.4 Å². The summed E-state index contributed by atoms with van der Waals surface area (Å²) in [5.74, 6) is 4.46. The van der Waals surface area contributed by atoms with Crippen LogP contribution in [0, 0.1) is 17.4 Å². The zero-order valence-corrected chi connectivity index (χ0v) is 25.4. The first kappa shape index (κ1) is 30.7. The van der Waals surface area contributed by atoms with E-state index in [-0.39, 0.29) is 29.8 Å². The second-order valence-electron chi connectivity index (χ2n) is 11.8. The Morgan fingerprint density at radius 3 is 2.15 bits per heavy atom. The molecule has 0 saturated carbocycles. The molecular formula is C28H48O4Si2. The van der Waals surface area contributed by atoms with Gasteiger partial charge >= 0.3 is 0 Å². The number of aliphatic hydroxyl groups is 1. The highest BCUT2D eigenvalue weighted by atomic mass is 28.4. The lowest BCUT2D eigenvalue weighted by Crippen LogP contribution is -2.45. The van der Waals surface area contributed by atoms with E-state index >= 15 is 0 Å². The maximum atomic E-state index is 9.56. The van der Waals surface area contributed by atoms with Crippen molar-refractivity contribution in [3.05, 3.63) is 41.5 Å². The molecule has 1 rings (SSSR count). The molecule has 4 nitrogen and oxygen atoms in total. The number of aliphatic hydroxyl groups excluding tert-OH is 1. The molecule has 0 aliphatic heterocycles. The lowest BCUT2D eigenvalue weighted by atomic mass is 9.96. The van der Waals surface area contributed by atoms with Crippen LogP contribution in [0.25, 0.3) is 0 Å². The van der Waals surface area contributed by atoms with Crippen LogP contribution in [0.4, 0.5) is 0 Å². The third kappa shape index (κ3) is 10.9. The summed E-state index contributed by atoms with van der Waals surface area (Å²) >= 11 is 0. The topological polar surface area (TPSA) is 47.9 Å². The Labute approximate surface area is 211 Å². The molecule has 3 atom stereocenters. The van der Waals surface area contributed by atoms with Crippen molar-refractivity contribution in [1.29, 1.82) is 0 Å². The van der Waals surface area contributed by atoms with Gasteiger partial charge in [0, 0.05) is 12.3 Å². The molecule has 6 heteroatoms. The van der Waals surface area contributed by atoms with Crippen LogP contribution < -0.4 is 4.74 Å². The Balaban J connectivity index is 3.22. The van der Waals surface area contributed by atoms with E-state index in [4.69, 9.17) is 13.9 Å². The first-order chi connectivity index (χ1) is 15.6. The predicted octanol–water partition coefficient (Wildman–Crippen LogP) is 6.82. The van der Waals surface area contributed by atoms with E-state index in [1.807, 2.05) is 31.2 Å². The maximum absolute atomic E-state index is 9.56. The van der Waals surface area contributed by atoms with Crippen LogP contribution in [0.3, 0.4) is 0 Å². The maximum Gasteiger partial charge on any atom is 0.193 e. The molecule has 0 fully saturated rings. The average Bonchev–Trinajstić information content (AvgIpc) is 2.73. The van der Waals surface area contributed by atoms with E-state index in [1.54, 1.807) is 7.11 Å². The van der Waals surface area contributed by atoms with Crippen molar-refractivity contribution in [2.75, 3.05) is 13.7 Å². The van der Waals surface area contributed by atoms with Crippen LogP contribution in [0.5, 0.6) is 5.75 Å². The van der Waals surface area contributed by atoms with Crippen LogP contribution in [0.1, 0.15) is 46.6 Å². The highest BCUT2D eigenvalue weighted by Gasteiger charge is 2.39. The van der Waals surface area contributed by atoms with Crippen LogP contribution in [0.15, 0.2) is 35.9 Å². The number of rotatable bonds is 11. The summed E-state index contributed by atoms with van der Waals surface area (Å²) in [5, 5.41) is 9.66. The van der Waals surface area contributed by atoms with Crippen molar-refractivity contribution in [2.45, 2.75) is 97.6 Å². The summed E-state index contributed by atoms with van der Waals surface area (Å²) in [5.41, 5.74) is 5.58. The summed E-state index contributed by atoms with van der Waals surface area (Å²) in [6.07, 6.45) is 2.53. The van der Waals surface area contributed by atoms with E-state index in [0.717, 1.165) is 16.9 Å². The van der Waals surface area contributed by atoms with Crippen LogP contribution in [0.2, 0.25) is 37.8 Å². The fourth-order valence-electron chi connectivity index (χ4n) is 3.15. The third-order valence-corrected chi connectivity index (χ3v) is 11.7. The van der Waals surface area contributed by atoms with E-state index < -0.39 is 16.4 Å². The Morgan fingerprint density at radius 2 is 1.68 bits per heavy atom. The van der Waals surface area contributed by atoms with Gasteiger partial charge in [-0.2, -0.15) is 0 Å². The van der Waals surface area contributed by atoms with Crippen LogP contribution in [-0.2, 0) is 15.8 Å². The fourth-order valence-corrected chi connectivity index (χ4v) is 4.96. The zero-order valence-electron chi connectivity index (χ0n) is 23.4. The highest BCUT2D eigenvalue weighted by Crippen LogP contribution is 2.38. The molecule has 0 heterocycles. The Bertz CT molecular complexity index is 836. The second kappa shape index (κ2) is 13.1. The summed E-state index contributed by atoms with van der Waals surface area (Å²) in [6, 6.07) is 7.97. The van der Waals surface area contributed by atoms with Gasteiger partial charge in [0.2, 0.25) is 0 Å². The monoisotopic (exact) mass is 504 g/mol. The van der Waals surface area contributed by atoms with E-state index in [9.17, 15) is 5.11 Å². The van der Waals surface area contributed by atoms with Crippen molar-refractivity contribution in [1.82, 2.24) is 0 Å². The molecule has 0 unspecified atom stereocenters. The molecule has 1 aromatic rings. The second-order valence-corrected chi connectivity index (χ2v) is 21.4. The number of hydrogen-bond acceptors (Lipinski definition) is 4. The molecule has 1 aromatic carbocycles. The first-order valence-electron chi connectivity index (χ1n) is 12.3. The van der Waals surface area contributed by atoms with Gasteiger partial charge in [0.05, 0.1) is 26.4 Å². The molecule has 0 bridgehead atoms. The van der Waals surface area contributed by atoms with Gasteiger partial charge in [0.1, 0.15) is 19.9 Å². The summed E-state index contributed by atoms with van der Waals surface area (Å²) in [6.45, 7) is 22.8. The van der Waals surface area contributed by atoms with Crippen LogP contribution in [-0.4, -0.2) is 47.4 Å². The minimum atomic E-state index is -2.01. The predicted molar refractivity (Wildman–Crippen MR) is 149 cm³/mol. The van der Waals surface area contributed by atoms with Gasteiger partial charge in [-0.15, -0.1) is 5.54 Å². The van der Waals surface area contributed by atoms with Crippen LogP contribution >= 0.6 is 0 Å². The van der Waals surface area contributed by atoms with Gasteiger partial charge in [-0.25, -0.2) is 0 Å². The molecule has 1 N–H and O–H groups in total. The molecule has 34 heavy (non-hydrogen) atoms. The van der Waals surface area contributed by atoms with Crippen molar-refractivity contribution < 1.29 is 19.0 Å². The number of methoxy groups -OCH3 is 1.